The second-order valence-corrected chi connectivity index (χ2v) is 6.81. The minimum absolute atomic E-state index is 0.0293. The lowest BCUT2D eigenvalue weighted by Crippen LogP contribution is -2.35. The van der Waals surface area contributed by atoms with E-state index in [1.807, 2.05) is 24.3 Å². The number of phenolic OH excluding ortho intramolecular Hbond substituents is 1. The van der Waals surface area contributed by atoms with Gasteiger partial charge in [-0.1, -0.05) is 6.07 Å². The van der Waals surface area contributed by atoms with Crippen molar-refractivity contribution in [2.24, 2.45) is 11.8 Å². The fourth-order valence-corrected chi connectivity index (χ4v) is 4.18. The van der Waals surface area contributed by atoms with E-state index in [9.17, 15) is 15.3 Å². The van der Waals surface area contributed by atoms with Crippen LogP contribution < -0.4 is 14.2 Å². The number of ether oxygens (including phenoxy) is 3. The van der Waals surface area contributed by atoms with Gasteiger partial charge in [0.05, 0.1) is 7.11 Å². The van der Waals surface area contributed by atoms with Gasteiger partial charge < -0.3 is 29.5 Å². The number of benzene rings is 2. The lowest BCUT2D eigenvalue weighted by Gasteiger charge is -2.38. The third-order valence-electron chi connectivity index (χ3n) is 5.49. The zero-order chi connectivity index (χ0) is 18.3. The molecule has 26 heavy (non-hydrogen) atoms. The molecule has 4 rings (SSSR count). The Balaban J connectivity index is 1.87. The molecule has 138 valence electrons. The summed E-state index contributed by atoms with van der Waals surface area (Å²) in [5.41, 5.74) is 2.91. The summed E-state index contributed by atoms with van der Waals surface area (Å²) in [4.78, 5) is 0. The molecule has 3 atom stereocenters. The average Bonchev–Trinajstić information content (AvgIpc) is 3.13. The summed E-state index contributed by atoms with van der Waals surface area (Å²) in [7, 11) is 1.51. The summed E-state index contributed by atoms with van der Waals surface area (Å²) in [6.07, 6.45) is 0.593. The summed E-state index contributed by atoms with van der Waals surface area (Å²) in [5.74, 6) is 1.45. The first kappa shape index (κ1) is 17.0. The van der Waals surface area contributed by atoms with Crippen molar-refractivity contribution in [1.29, 1.82) is 0 Å². The van der Waals surface area contributed by atoms with E-state index in [0.717, 1.165) is 16.7 Å². The van der Waals surface area contributed by atoms with Crippen molar-refractivity contribution in [3.05, 3.63) is 47.0 Å². The fourth-order valence-electron chi connectivity index (χ4n) is 4.18. The van der Waals surface area contributed by atoms with Crippen LogP contribution >= 0.6 is 0 Å². The van der Waals surface area contributed by atoms with E-state index in [4.69, 9.17) is 14.2 Å². The van der Waals surface area contributed by atoms with Crippen molar-refractivity contribution < 1.29 is 29.5 Å². The van der Waals surface area contributed by atoms with Crippen LogP contribution in [0, 0.1) is 11.8 Å². The Morgan fingerprint density at radius 1 is 1.08 bits per heavy atom. The Morgan fingerprint density at radius 3 is 2.62 bits per heavy atom. The molecule has 6 heteroatoms. The topological polar surface area (TPSA) is 88.4 Å². The Hall–Kier alpha value is -2.44. The summed E-state index contributed by atoms with van der Waals surface area (Å²) in [6, 6.07) is 9.29. The van der Waals surface area contributed by atoms with Crippen LogP contribution in [0.1, 0.15) is 22.6 Å². The number of aromatic hydroxyl groups is 1. The Labute approximate surface area is 151 Å². The van der Waals surface area contributed by atoms with Crippen molar-refractivity contribution in [3.8, 4) is 23.0 Å². The van der Waals surface area contributed by atoms with Gasteiger partial charge in [-0.2, -0.15) is 0 Å². The fraction of sp³-hybridized carbons (Fsp3) is 0.400. The molecule has 1 unspecified atom stereocenters. The van der Waals surface area contributed by atoms with Gasteiger partial charge in [0.2, 0.25) is 6.79 Å². The normalized spacial score (nSPS) is 23.6. The second-order valence-electron chi connectivity index (χ2n) is 6.81. The first-order chi connectivity index (χ1) is 12.7. The lowest BCUT2D eigenvalue weighted by atomic mass is 9.67. The number of phenols is 1. The van der Waals surface area contributed by atoms with Crippen LogP contribution in [0.5, 0.6) is 23.0 Å². The molecule has 1 aliphatic heterocycles. The maximum absolute atomic E-state index is 10.2. The molecular formula is C20H22O6. The maximum Gasteiger partial charge on any atom is 0.231 e. The third kappa shape index (κ3) is 2.66. The highest BCUT2D eigenvalue weighted by molar-refractivity contribution is 5.54. The first-order valence-corrected chi connectivity index (χ1v) is 8.67. The molecule has 2 aromatic rings. The van der Waals surface area contributed by atoms with Crippen LogP contribution in [-0.4, -0.2) is 42.4 Å². The molecule has 0 saturated heterocycles. The molecule has 1 heterocycles. The Morgan fingerprint density at radius 2 is 1.88 bits per heavy atom. The highest BCUT2D eigenvalue weighted by Crippen LogP contribution is 2.48. The quantitative estimate of drug-likeness (QED) is 0.775. The number of aliphatic hydroxyl groups excluding tert-OH is 2. The van der Waals surface area contributed by atoms with Crippen LogP contribution in [0.15, 0.2) is 30.3 Å². The summed E-state index contributed by atoms with van der Waals surface area (Å²) in [5, 5.41) is 30.1. The van der Waals surface area contributed by atoms with E-state index >= 15 is 0 Å². The van der Waals surface area contributed by atoms with Gasteiger partial charge in [-0.05, 0) is 59.2 Å². The molecule has 0 saturated carbocycles. The zero-order valence-electron chi connectivity index (χ0n) is 14.5. The number of hydrogen-bond acceptors (Lipinski definition) is 6. The average molecular weight is 358 g/mol. The maximum atomic E-state index is 10.2. The number of fused-ring (bicyclic) bond motifs is 2. The smallest absolute Gasteiger partial charge is 0.231 e. The predicted molar refractivity (Wildman–Crippen MR) is 93.9 cm³/mol. The summed E-state index contributed by atoms with van der Waals surface area (Å²) < 4.78 is 16.2. The molecule has 0 bridgehead atoms. The Kier molecular flexibility index (Phi) is 4.38. The first-order valence-electron chi connectivity index (χ1n) is 8.67. The van der Waals surface area contributed by atoms with Gasteiger partial charge in [-0.15, -0.1) is 0 Å². The lowest BCUT2D eigenvalue weighted by molar-refractivity contribution is 0.101. The van der Waals surface area contributed by atoms with Crippen LogP contribution in [0.4, 0.5) is 0 Å². The number of rotatable bonds is 4. The molecule has 0 spiro atoms. The molecule has 0 amide bonds. The minimum Gasteiger partial charge on any atom is -0.504 e. The van der Waals surface area contributed by atoms with Crippen LogP contribution in [0.25, 0.3) is 0 Å². The minimum atomic E-state index is -0.151. The summed E-state index contributed by atoms with van der Waals surface area (Å²) >= 11 is 0. The van der Waals surface area contributed by atoms with E-state index in [1.165, 1.54) is 7.11 Å². The molecule has 2 aliphatic rings. The largest absolute Gasteiger partial charge is 0.504 e. The van der Waals surface area contributed by atoms with Gasteiger partial charge in [-0.3, -0.25) is 0 Å². The molecule has 6 nitrogen and oxygen atoms in total. The third-order valence-corrected chi connectivity index (χ3v) is 5.49. The SMILES string of the molecule is COc1cc2c(cc1O)C[C@H](CO)[C@@H](CO)C2c1ccc2c(c1)OCO2. The van der Waals surface area contributed by atoms with Gasteiger partial charge >= 0.3 is 0 Å². The van der Waals surface area contributed by atoms with Crippen molar-refractivity contribution in [1.82, 2.24) is 0 Å². The molecular weight excluding hydrogens is 336 g/mol. The van der Waals surface area contributed by atoms with Gasteiger partial charge in [0, 0.05) is 19.1 Å². The van der Waals surface area contributed by atoms with Crippen molar-refractivity contribution >= 4 is 0 Å². The van der Waals surface area contributed by atoms with E-state index in [2.05, 4.69) is 0 Å². The van der Waals surface area contributed by atoms with Crippen molar-refractivity contribution in [3.63, 3.8) is 0 Å². The summed E-state index contributed by atoms with van der Waals surface area (Å²) in [6.45, 7) is 0.121. The van der Waals surface area contributed by atoms with Gasteiger partial charge in [0.15, 0.2) is 23.0 Å². The number of hydrogen-bond donors (Lipinski definition) is 3. The monoisotopic (exact) mass is 358 g/mol. The second kappa shape index (κ2) is 6.70. The van der Waals surface area contributed by atoms with E-state index in [0.29, 0.717) is 23.7 Å². The van der Waals surface area contributed by atoms with E-state index in [1.54, 1.807) is 6.07 Å². The zero-order valence-corrected chi connectivity index (χ0v) is 14.5. The predicted octanol–water partition coefficient (Wildman–Crippen LogP) is 2.03. The van der Waals surface area contributed by atoms with Crippen LogP contribution in [-0.2, 0) is 6.42 Å². The highest BCUT2D eigenvalue weighted by Gasteiger charge is 2.38. The molecule has 3 N–H and O–H groups in total. The van der Waals surface area contributed by atoms with Crippen LogP contribution in [0.2, 0.25) is 0 Å². The van der Waals surface area contributed by atoms with Crippen LogP contribution in [0.3, 0.4) is 0 Å². The highest BCUT2D eigenvalue weighted by atomic mass is 16.7. The molecule has 0 aromatic heterocycles. The Bertz CT molecular complexity index is 818. The van der Waals surface area contributed by atoms with E-state index < -0.39 is 0 Å². The molecule has 0 radical (unpaired) electrons. The van der Waals surface area contributed by atoms with Gasteiger partial charge in [-0.25, -0.2) is 0 Å². The number of aliphatic hydroxyl groups is 2. The van der Waals surface area contributed by atoms with Gasteiger partial charge in [0.25, 0.3) is 0 Å². The molecule has 1 aliphatic carbocycles. The van der Waals surface area contributed by atoms with Gasteiger partial charge in [0.1, 0.15) is 0 Å². The molecule has 0 fully saturated rings. The van der Waals surface area contributed by atoms with Crippen molar-refractivity contribution in [2.45, 2.75) is 12.3 Å². The number of methoxy groups -OCH3 is 1. The van der Waals surface area contributed by atoms with Crippen molar-refractivity contribution in [2.75, 3.05) is 27.1 Å². The van der Waals surface area contributed by atoms with E-state index in [-0.39, 0.29) is 43.5 Å². The molecule has 2 aromatic carbocycles. The standard InChI is InChI=1S/C20H22O6/c1-24-18-7-14-12(5-16(18)23)4-13(8-21)15(9-22)20(14)11-2-3-17-19(6-11)26-10-25-17/h2-3,5-7,13,15,20-23H,4,8-10H2,1H3/t13-,15-,20?/m1/s1.